The van der Waals surface area contributed by atoms with Crippen molar-refractivity contribution in [2.24, 2.45) is 0 Å². The van der Waals surface area contributed by atoms with Crippen LogP contribution in [-0.2, 0) is 16.6 Å². The van der Waals surface area contributed by atoms with Crippen molar-refractivity contribution in [2.45, 2.75) is 30.3 Å². The van der Waals surface area contributed by atoms with E-state index in [1.54, 1.807) is 41.5 Å². The van der Waals surface area contributed by atoms with Crippen LogP contribution in [0.4, 0.5) is 10.1 Å². The zero-order chi connectivity index (χ0) is 23.7. The molecule has 0 spiro atoms. The Hall–Kier alpha value is -3.17. The van der Waals surface area contributed by atoms with E-state index in [0.717, 1.165) is 18.5 Å². The molecule has 5 rings (SSSR count). The second-order valence-corrected chi connectivity index (χ2v) is 10.6. The van der Waals surface area contributed by atoms with Crippen LogP contribution in [0, 0.1) is 5.82 Å². The lowest BCUT2D eigenvalue weighted by Crippen LogP contribution is -2.48. The largest absolute Gasteiger partial charge is 0.467 e. The highest BCUT2D eigenvalue weighted by molar-refractivity contribution is 7.89. The Morgan fingerprint density at radius 2 is 1.74 bits per heavy atom. The summed E-state index contributed by atoms with van der Waals surface area (Å²) in [5.74, 6) is 0.198. The van der Waals surface area contributed by atoms with E-state index in [1.807, 2.05) is 11.0 Å². The molecule has 1 amide bonds. The van der Waals surface area contributed by atoms with Crippen LogP contribution in [-0.4, -0.2) is 55.8 Å². The predicted molar refractivity (Wildman–Crippen MR) is 125 cm³/mol. The number of sulfonamides is 1. The highest BCUT2D eigenvalue weighted by Gasteiger charge is 2.34. The van der Waals surface area contributed by atoms with Gasteiger partial charge in [-0.1, -0.05) is 6.07 Å². The van der Waals surface area contributed by atoms with Crippen molar-refractivity contribution < 1.29 is 22.0 Å². The molecule has 1 saturated heterocycles. The fourth-order valence-corrected chi connectivity index (χ4v) is 5.74. The summed E-state index contributed by atoms with van der Waals surface area (Å²) in [7, 11) is -3.75. The number of hydrogen-bond donors (Lipinski definition) is 0. The van der Waals surface area contributed by atoms with Crippen molar-refractivity contribution in [3.05, 3.63) is 84.1 Å². The molecular formula is C25H26FN3O4S. The minimum Gasteiger partial charge on any atom is -0.467 e. The van der Waals surface area contributed by atoms with E-state index in [-0.39, 0.29) is 22.7 Å². The fraction of sp³-hybridized carbons (Fsp3) is 0.320. The molecule has 0 atom stereocenters. The standard InChI is InChI=1S/C25H26FN3O4S/c26-20-6-8-21(9-7-20)27-12-14-28(15-13-27)34(31,32)24-5-1-3-19(17-24)25(30)29(22-10-11-22)18-23-4-2-16-33-23/h1-9,16-17,22H,10-15,18H2. The highest BCUT2D eigenvalue weighted by atomic mass is 32.2. The molecule has 178 valence electrons. The van der Waals surface area contributed by atoms with Gasteiger partial charge in [0.15, 0.2) is 0 Å². The van der Waals surface area contributed by atoms with Crippen LogP contribution in [0.2, 0.25) is 0 Å². The molecule has 0 bridgehead atoms. The van der Waals surface area contributed by atoms with Gasteiger partial charge in [0.1, 0.15) is 11.6 Å². The Balaban J connectivity index is 1.30. The van der Waals surface area contributed by atoms with Gasteiger partial charge in [-0.2, -0.15) is 4.31 Å². The van der Waals surface area contributed by atoms with Gasteiger partial charge in [0.25, 0.3) is 5.91 Å². The van der Waals surface area contributed by atoms with Crippen LogP contribution in [0.15, 0.2) is 76.2 Å². The molecule has 7 nitrogen and oxygen atoms in total. The molecule has 0 N–H and O–H groups in total. The van der Waals surface area contributed by atoms with E-state index in [9.17, 15) is 17.6 Å². The highest BCUT2D eigenvalue weighted by Crippen LogP contribution is 2.30. The third kappa shape index (κ3) is 4.71. The lowest BCUT2D eigenvalue weighted by molar-refractivity contribution is 0.0717. The van der Waals surface area contributed by atoms with Crippen molar-refractivity contribution in [2.75, 3.05) is 31.1 Å². The van der Waals surface area contributed by atoms with E-state index in [1.165, 1.54) is 28.6 Å². The minimum atomic E-state index is -3.75. The van der Waals surface area contributed by atoms with Crippen molar-refractivity contribution in [1.82, 2.24) is 9.21 Å². The Morgan fingerprint density at radius 3 is 2.38 bits per heavy atom. The van der Waals surface area contributed by atoms with Crippen LogP contribution in [0.3, 0.4) is 0 Å². The number of piperazine rings is 1. The maximum absolute atomic E-state index is 13.3. The average molecular weight is 484 g/mol. The van der Waals surface area contributed by atoms with Gasteiger partial charge in [-0.15, -0.1) is 0 Å². The Morgan fingerprint density at radius 1 is 1.00 bits per heavy atom. The maximum atomic E-state index is 13.3. The Labute approximate surface area is 198 Å². The third-order valence-electron chi connectivity index (χ3n) is 6.30. The number of amides is 1. The lowest BCUT2D eigenvalue weighted by atomic mass is 10.2. The summed E-state index contributed by atoms with van der Waals surface area (Å²) in [5, 5.41) is 0. The van der Waals surface area contributed by atoms with Gasteiger partial charge < -0.3 is 14.2 Å². The van der Waals surface area contributed by atoms with E-state index >= 15 is 0 Å². The van der Waals surface area contributed by atoms with Crippen molar-refractivity contribution >= 4 is 21.6 Å². The zero-order valence-corrected chi connectivity index (χ0v) is 19.5. The molecule has 2 aromatic carbocycles. The molecule has 2 heterocycles. The summed E-state index contributed by atoms with van der Waals surface area (Å²) in [6, 6.07) is 16.2. The first-order valence-corrected chi connectivity index (χ1v) is 12.8. The summed E-state index contributed by atoms with van der Waals surface area (Å²) in [4.78, 5) is 17.2. The predicted octanol–water partition coefficient (Wildman–Crippen LogP) is 3.73. The number of anilines is 1. The van der Waals surface area contributed by atoms with Gasteiger partial charge in [0, 0.05) is 43.5 Å². The van der Waals surface area contributed by atoms with Crippen LogP contribution >= 0.6 is 0 Å². The van der Waals surface area contributed by atoms with Crippen molar-refractivity contribution in [1.29, 1.82) is 0 Å². The molecule has 1 aliphatic heterocycles. The van der Waals surface area contributed by atoms with Gasteiger partial charge in [-0.3, -0.25) is 4.79 Å². The average Bonchev–Trinajstić information content (AvgIpc) is 3.57. The number of benzene rings is 2. The third-order valence-corrected chi connectivity index (χ3v) is 8.20. The van der Waals surface area contributed by atoms with Crippen LogP contribution in [0.5, 0.6) is 0 Å². The fourth-order valence-electron chi connectivity index (χ4n) is 4.27. The molecule has 2 fully saturated rings. The number of carbonyl (C=O) groups is 1. The SMILES string of the molecule is O=C(c1cccc(S(=O)(=O)N2CCN(c3ccc(F)cc3)CC2)c1)N(Cc1ccco1)C1CC1. The second kappa shape index (κ2) is 9.23. The number of hydrogen-bond acceptors (Lipinski definition) is 5. The summed E-state index contributed by atoms with van der Waals surface area (Å²) < 4.78 is 46.7. The first-order chi connectivity index (χ1) is 16.4. The number of nitrogens with zero attached hydrogens (tertiary/aromatic N) is 3. The molecule has 2 aliphatic rings. The minimum absolute atomic E-state index is 0.113. The monoisotopic (exact) mass is 483 g/mol. The Kier molecular flexibility index (Phi) is 6.14. The molecule has 3 aromatic rings. The molecular weight excluding hydrogens is 457 g/mol. The van der Waals surface area contributed by atoms with E-state index < -0.39 is 10.0 Å². The lowest BCUT2D eigenvalue weighted by Gasteiger charge is -2.35. The van der Waals surface area contributed by atoms with E-state index in [0.29, 0.717) is 44.0 Å². The first-order valence-electron chi connectivity index (χ1n) is 11.4. The van der Waals surface area contributed by atoms with Gasteiger partial charge in [0.2, 0.25) is 10.0 Å². The van der Waals surface area contributed by atoms with Crippen molar-refractivity contribution in [3.63, 3.8) is 0 Å². The zero-order valence-electron chi connectivity index (χ0n) is 18.6. The van der Waals surface area contributed by atoms with E-state index in [2.05, 4.69) is 0 Å². The quantitative estimate of drug-likeness (QED) is 0.512. The van der Waals surface area contributed by atoms with Gasteiger partial charge in [0.05, 0.1) is 17.7 Å². The molecule has 0 unspecified atom stereocenters. The molecule has 1 aliphatic carbocycles. The number of halogens is 1. The number of rotatable bonds is 7. The van der Waals surface area contributed by atoms with Crippen molar-refractivity contribution in [3.8, 4) is 0 Å². The molecule has 1 saturated carbocycles. The number of carbonyl (C=O) groups excluding carboxylic acids is 1. The Bertz CT molecular complexity index is 1250. The first kappa shape index (κ1) is 22.6. The summed E-state index contributed by atoms with van der Waals surface area (Å²) in [6.07, 6.45) is 3.44. The van der Waals surface area contributed by atoms with Gasteiger partial charge in [-0.25, -0.2) is 12.8 Å². The normalized spacial score (nSPS) is 17.0. The second-order valence-electron chi connectivity index (χ2n) is 8.64. The molecule has 0 radical (unpaired) electrons. The topological polar surface area (TPSA) is 74.1 Å². The van der Waals surface area contributed by atoms with Crippen LogP contribution < -0.4 is 4.90 Å². The van der Waals surface area contributed by atoms with Crippen LogP contribution in [0.1, 0.15) is 29.0 Å². The van der Waals surface area contributed by atoms with Gasteiger partial charge >= 0.3 is 0 Å². The molecule has 9 heteroatoms. The summed E-state index contributed by atoms with van der Waals surface area (Å²) >= 11 is 0. The summed E-state index contributed by atoms with van der Waals surface area (Å²) in [6.45, 7) is 1.98. The van der Waals surface area contributed by atoms with Gasteiger partial charge in [-0.05, 0) is 67.4 Å². The smallest absolute Gasteiger partial charge is 0.254 e. The molecule has 1 aromatic heterocycles. The van der Waals surface area contributed by atoms with Crippen LogP contribution in [0.25, 0.3) is 0 Å². The number of furan rings is 1. The maximum Gasteiger partial charge on any atom is 0.254 e. The summed E-state index contributed by atoms with van der Waals surface area (Å²) in [5.41, 5.74) is 1.22. The molecule has 34 heavy (non-hydrogen) atoms. The van der Waals surface area contributed by atoms with E-state index in [4.69, 9.17) is 4.42 Å².